The molecule has 9 heteroatoms. The fourth-order valence-corrected chi connectivity index (χ4v) is 5.08. The Kier molecular flexibility index (Phi) is 6.73. The van der Waals surface area contributed by atoms with Gasteiger partial charge in [0.2, 0.25) is 10.0 Å². The van der Waals surface area contributed by atoms with E-state index < -0.39 is 28.5 Å². The molecule has 1 aliphatic heterocycles. The zero-order valence-electron chi connectivity index (χ0n) is 18.1. The molecule has 0 radical (unpaired) electrons. The number of morpholine rings is 1. The first-order chi connectivity index (χ1) is 15.9. The fourth-order valence-electron chi connectivity index (χ4n) is 3.65. The van der Waals surface area contributed by atoms with E-state index >= 15 is 0 Å². The molecule has 0 aliphatic carbocycles. The second-order valence-corrected chi connectivity index (χ2v) is 9.58. The summed E-state index contributed by atoms with van der Waals surface area (Å²) < 4.78 is 37.5. The summed E-state index contributed by atoms with van der Waals surface area (Å²) in [5.74, 6) is -1.26. The first kappa shape index (κ1) is 22.9. The van der Waals surface area contributed by atoms with Gasteiger partial charge in [0.15, 0.2) is 6.61 Å². The lowest BCUT2D eigenvalue weighted by Crippen LogP contribution is -2.40. The molecule has 3 aromatic carbocycles. The van der Waals surface area contributed by atoms with Gasteiger partial charge in [0.1, 0.15) is 0 Å². The maximum absolute atomic E-state index is 12.9. The molecule has 8 nitrogen and oxygen atoms in total. The van der Waals surface area contributed by atoms with Gasteiger partial charge in [0.25, 0.3) is 5.91 Å². The Morgan fingerprint density at radius 2 is 1.76 bits per heavy atom. The van der Waals surface area contributed by atoms with E-state index in [2.05, 4.69) is 5.32 Å². The highest BCUT2D eigenvalue weighted by molar-refractivity contribution is 7.89. The fraction of sp³-hybridized carbons (Fsp3) is 0.250. The van der Waals surface area contributed by atoms with Crippen molar-refractivity contribution in [3.63, 3.8) is 0 Å². The molecule has 0 spiro atoms. The molecule has 3 aromatic rings. The Morgan fingerprint density at radius 1 is 1.03 bits per heavy atom. The highest BCUT2D eigenvalue weighted by atomic mass is 32.2. The van der Waals surface area contributed by atoms with Crippen molar-refractivity contribution >= 4 is 38.4 Å². The topological polar surface area (TPSA) is 102 Å². The van der Waals surface area contributed by atoms with Crippen molar-refractivity contribution in [2.45, 2.75) is 11.8 Å². The van der Waals surface area contributed by atoms with E-state index in [1.807, 2.05) is 36.4 Å². The number of hydrogen-bond acceptors (Lipinski definition) is 6. The molecule has 4 rings (SSSR count). The molecule has 1 fully saturated rings. The predicted molar refractivity (Wildman–Crippen MR) is 124 cm³/mol. The number of anilines is 1. The normalized spacial score (nSPS) is 14.7. The van der Waals surface area contributed by atoms with E-state index in [0.29, 0.717) is 24.5 Å². The number of benzene rings is 3. The van der Waals surface area contributed by atoms with Gasteiger partial charge in [0.05, 0.1) is 23.7 Å². The molecule has 1 N–H and O–H groups in total. The number of esters is 1. The summed E-state index contributed by atoms with van der Waals surface area (Å²) in [5, 5.41) is 4.60. The largest absolute Gasteiger partial charge is 0.452 e. The summed E-state index contributed by atoms with van der Waals surface area (Å²) in [7, 11) is -3.76. The van der Waals surface area contributed by atoms with Crippen molar-refractivity contribution in [1.82, 2.24) is 4.31 Å². The van der Waals surface area contributed by atoms with E-state index in [1.54, 1.807) is 19.1 Å². The Bertz CT molecular complexity index is 1290. The van der Waals surface area contributed by atoms with E-state index in [4.69, 9.17) is 9.47 Å². The predicted octanol–water partition coefficient (Wildman–Crippen LogP) is 2.96. The van der Waals surface area contributed by atoms with Gasteiger partial charge < -0.3 is 14.8 Å². The molecule has 172 valence electrons. The second-order valence-electron chi connectivity index (χ2n) is 7.64. The average molecular weight is 469 g/mol. The highest BCUT2D eigenvalue weighted by Crippen LogP contribution is 2.23. The first-order valence-corrected chi connectivity index (χ1v) is 11.9. The number of sulfonamides is 1. The van der Waals surface area contributed by atoms with Gasteiger partial charge in [-0.2, -0.15) is 4.31 Å². The van der Waals surface area contributed by atoms with Gasteiger partial charge in [-0.15, -0.1) is 0 Å². The zero-order chi connectivity index (χ0) is 23.4. The quantitative estimate of drug-likeness (QED) is 0.558. The molecule has 33 heavy (non-hydrogen) atoms. The number of amides is 1. The minimum absolute atomic E-state index is 0.00200. The van der Waals surface area contributed by atoms with Gasteiger partial charge in [0, 0.05) is 24.2 Å². The van der Waals surface area contributed by atoms with Crippen LogP contribution in [0.3, 0.4) is 0 Å². The number of ether oxygens (including phenoxy) is 2. The maximum atomic E-state index is 12.9. The van der Waals surface area contributed by atoms with Crippen molar-refractivity contribution in [2.75, 3.05) is 38.2 Å². The van der Waals surface area contributed by atoms with E-state index in [-0.39, 0.29) is 23.5 Å². The van der Waals surface area contributed by atoms with Crippen LogP contribution in [0.1, 0.15) is 15.9 Å². The van der Waals surface area contributed by atoms with Gasteiger partial charge in [-0.05, 0) is 36.1 Å². The van der Waals surface area contributed by atoms with E-state index in [9.17, 15) is 18.0 Å². The summed E-state index contributed by atoms with van der Waals surface area (Å²) >= 11 is 0. The van der Waals surface area contributed by atoms with Crippen LogP contribution < -0.4 is 5.32 Å². The van der Waals surface area contributed by atoms with Crippen LogP contribution in [0.4, 0.5) is 5.69 Å². The number of rotatable bonds is 6. The molecular weight excluding hydrogens is 444 g/mol. The summed E-state index contributed by atoms with van der Waals surface area (Å²) in [6.07, 6.45) is 0. The molecule has 0 unspecified atom stereocenters. The number of fused-ring (bicyclic) bond motifs is 1. The third-order valence-electron chi connectivity index (χ3n) is 5.43. The average Bonchev–Trinajstić information content (AvgIpc) is 2.83. The van der Waals surface area contributed by atoms with Gasteiger partial charge >= 0.3 is 5.97 Å². The SMILES string of the molecule is Cc1ccc(S(=O)(=O)N2CCOCC2)cc1C(=O)OCC(=O)Nc1cccc2ccccc12. The molecular formula is C24H24N2O6S. The third kappa shape index (κ3) is 5.05. The summed E-state index contributed by atoms with van der Waals surface area (Å²) in [6, 6.07) is 17.5. The van der Waals surface area contributed by atoms with Gasteiger partial charge in [-0.3, -0.25) is 4.79 Å². The monoisotopic (exact) mass is 468 g/mol. The van der Waals surface area contributed by atoms with Crippen LogP contribution in [-0.4, -0.2) is 57.5 Å². The molecule has 0 bridgehead atoms. The van der Waals surface area contributed by atoms with Crippen LogP contribution in [0, 0.1) is 6.92 Å². The van der Waals surface area contributed by atoms with Crippen molar-refractivity contribution in [3.05, 3.63) is 71.8 Å². The van der Waals surface area contributed by atoms with Gasteiger partial charge in [-0.25, -0.2) is 13.2 Å². The molecule has 1 aliphatic rings. The molecule has 0 saturated carbocycles. The molecule has 0 atom stereocenters. The Balaban J connectivity index is 1.45. The molecule has 1 amide bonds. The van der Waals surface area contributed by atoms with Crippen LogP contribution in [0.25, 0.3) is 10.8 Å². The van der Waals surface area contributed by atoms with Crippen LogP contribution in [-0.2, 0) is 24.3 Å². The Labute approximate surface area is 192 Å². The lowest BCUT2D eigenvalue weighted by atomic mass is 10.1. The molecule has 0 aromatic heterocycles. The summed E-state index contributed by atoms with van der Waals surface area (Å²) in [4.78, 5) is 25.1. The standard InChI is InChI=1S/C24H24N2O6S/c1-17-9-10-19(33(29,30)26-11-13-31-14-12-26)15-21(17)24(28)32-16-23(27)25-22-8-4-6-18-5-2-3-7-20(18)22/h2-10,15H,11-14,16H2,1H3,(H,25,27). The minimum Gasteiger partial charge on any atom is -0.452 e. The number of hydrogen-bond donors (Lipinski definition) is 1. The molecule has 1 heterocycles. The first-order valence-electron chi connectivity index (χ1n) is 10.5. The number of carbonyl (C=O) groups is 2. The Hall–Kier alpha value is -3.27. The number of nitrogens with one attached hydrogen (secondary N) is 1. The summed E-state index contributed by atoms with van der Waals surface area (Å²) in [6.45, 7) is 2.34. The Morgan fingerprint density at radius 3 is 2.55 bits per heavy atom. The lowest BCUT2D eigenvalue weighted by Gasteiger charge is -2.26. The van der Waals surface area contributed by atoms with Crippen LogP contribution in [0.2, 0.25) is 0 Å². The number of carbonyl (C=O) groups excluding carboxylic acids is 2. The summed E-state index contributed by atoms with van der Waals surface area (Å²) in [5.41, 5.74) is 1.27. The van der Waals surface area contributed by atoms with Crippen molar-refractivity contribution in [1.29, 1.82) is 0 Å². The number of aryl methyl sites for hydroxylation is 1. The minimum atomic E-state index is -3.76. The van der Waals surface area contributed by atoms with Crippen molar-refractivity contribution < 1.29 is 27.5 Å². The molecule has 1 saturated heterocycles. The number of nitrogens with zero attached hydrogens (tertiary/aromatic N) is 1. The van der Waals surface area contributed by atoms with E-state index in [1.165, 1.54) is 16.4 Å². The third-order valence-corrected chi connectivity index (χ3v) is 7.33. The lowest BCUT2D eigenvalue weighted by molar-refractivity contribution is -0.119. The van der Waals surface area contributed by atoms with Crippen molar-refractivity contribution in [2.24, 2.45) is 0 Å². The van der Waals surface area contributed by atoms with Crippen LogP contribution >= 0.6 is 0 Å². The van der Waals surface area contributed by atoms with Crippen LogP contribution in [0.5, 0.6) is 0 Å². The van der Waals surface area contributed by atoms with Gasteiger partial charge in [-0.1, -0.05) is 42.5 Å². The van der Waals surface area contributed by atoms with Crippen LogP contribution in [0.15, 0.2) is 65.6 Å². The zero-order valence-corrected chi connectivity index (χ0v) is 18.9. The second kappa shape index (κ2) is 9.70. The highest BCUT2D eigenvalue weighted by Gasteiger charge is 2.27. The van der Waals surface area contributed by atoms with Crippen molar-refractivity contribution in [3.8, 4) is 0 Å². The van der Waals surface area contributed by atoms with E-state index in [0.717, 1.165) is 10.8 Å². The smallest absolute Gasteiger partial charge is 0.338 e. The maximum Gasteiger partial charge on any atom is 0.338 e.